The predicted octanol–water partition coefficient (Wildman–Crippen LogP) is 5.34. The Hall–Kier alpha value is -2.48. The largest absolute Gasteiger partial charge is 0.325 e. The summed E-state index contributed by atoms with van der Waals surface area (Å²) in [6.07, 6.45) is 0.612. The van der Waals surface area contributed by atoms with E-state index in [1.807, 2.05) is 54.6 Å². The van der Waals surface area contributed by atoms with Crippen molar-refractivity contribution in [1.29, 1.82) is 0 Å². The lowest BCUT2D eigenvalue weighted by molar-refractivity contribution is -0.113. The third-order valence-electron chi connectivity index (χ3n) is 5.17. The highest BCUT2D eigenvalue weighted by atomic mass is 35.5. The molecular weight excluding hydrogens is 464 g/mol. The molecule has 5 nitrogen and oxygen atoms in total. The lowest BCUT2D eigenvalue weighted by Crippen LogP contribution is -2.25. The molecule has 3 aromatic carbocycles. The Morgan fingerprint density at radius 2 is 1.72 bits per heavy atom. The van der Waals surface area contributed by atoms with Crippen molar-refractivity contribution < 1.29 is 13.2 Å². The summed E-state index contributed by atoms with van der Waals surface area (Å²) in [5, 5.41) is 3.55. The van der Waals surface area contributed by atoms with Crippen molar-refractivity contribution in [2.24, 2.45) is 0 Å². The van der Waals surface area contributed by atoms with E-state index in [1.54, 1.807) is 24.3 Å². The fourth-order valence-electron chi connectivity index (χ4n) is 3.67. The molecular formula is C24H23ClN2O3S2. The molecule has 0 spiro atoms. The molecule has 1 atom stereocenters. The number of rotatable bonds is 7. The van der Waals surface area contributed by atoms with Gasteiger partial charge in [0.25, 0.3) is 0 Å². The van der Waals surface area contributed by atoms with E-state index in [-0.39, 0.29) is 22.7 Å². The summed E-state index contributed by atoms with van der Waals surface area (Å²) in [4.78, 5) is 12.7. The molecule has 3 aromatic rings. The smallest absolute Gasteiger partial charge is 0.235 e. The number of carbonyl (C=O) groups excluding carboxylic acids is 1. The normalized spacial score (nSPS) is 16.0. The number of hydrogen-bond donors (Lipinski definition) is 1. The van der Waals surface area contributed by atoms with Gasteiger partial charge in [-0.25, -0.2) is 8.42 Å². The van der Waals surface area contributed by atoms with Gasteiger partial charge in [0.2, 0.25) is 15.9 Å². The first kappa shape index (κ1) is 22.7. The van der Waals surface area contributed by atoms with Crippen LogP contribution in [0.2, 0.25) is 5.02 Å². The third kappa shape index (κ3) is 5.46. The molecule has 1 unspecified atom stereocenters. The van der Waals surface area contributed by atoms with Gasteiger partial charge in [-0.2, -0.15) is 0 Å². The fraction of sp³-hybridized carbons (Fsp3) is 0.208. The summed E-state index contributed by atoms with van der Waals surface area (Å²) in [6.45, 7) is 0.468. The maximum atomic E-state index is 12.7. The van der Waals surface area contributed by atoms with E-state index in [0.29, 0.717) is 29.4 Å². The first-order valence-corrected chi connectivity index (χ1v) is 13.3. The highest BCUT2D eigenvalue weighted by molar-refractivity contribution is 8.00. The van der Waals surface area contributed by atoms with Crippen LogP contribution in [-0.2, 0) is 14.8 Å². The van der Waals surface area contributed by atoms with Crippen molar-refractivity contribution in [2.75, 3.05) is 27.7 Å². The number of nitrogens with one attached hydrogen (secondary N) is 1. The van der Waals surface area contributed by atoms with Crippen molar-refractivity contribution in [3.8, 4) is 0 Å². The highest BCUT2D eigenvalue weighted by Gasteiger charge is 2.28. The molecule has 1 saturated heterocycles. The number of sulfonamides is 1. The number of benzene rings is 3. The summed E-state index contributed by atoms with van der Waals surface area (Å²) in [6, 6.07) is 24.7. The van der Waals surface area contributed by atoms with Crippen LogP contribution in [-0.4, -0.2) is 32.4 Å². The quantitative estimate of drug-likeness (QED) is 0.489. The number of nitrogens with zero attached hydrogens (tertiary/aromatic N) is 1. The molecule has 0 bridgehead atoms. The maximum Gasteiger partial charge on any atom is 0.235 e. The molecule has 1 amide bonds. The molecule has 1 fully saturated rings. The number of hydrogen-bond acceptors (Lipinski definition) is 4. The van der Waals surface area contributed by atoms with E-state index < -0.39 is 10.0 Å². The Morgan fingerprint density at radius 1 is 1.00 bits per heavy atom. The van der Waals surface area contributed by atoms with Crippen LogP contribution in [0.15, 0.2) is 78.9 Å². The van der Waals surface area contributed by atoms with Gasteiger partial charge < -0.3 is 5.32 Å². The summed E-state index contributed by atoms with van der Waals surface area (Å²) in [5.41, 5.74) is 3.34. The van der Waals surface area contributed by atoms with Gasteiger partial charge in [0.15, 0.2) is 0 Å². The van der Waals surface area contributed by atoms with E-state index in [1.165, 1.54) is 16.1 Å². The Kier molecular flexibility index (Phi) is 7.08. The van der Waals surface area contributed by atoms with Gasteiger partial charge in [0.1, 0.15) is 0 Å². The van der Waals surface area contributed by atoms with Gasteiger partial charge in [-0.1, -0.05) is 60.1 Å². The predicted molar refractivity (Wildman–Crippen MR) is 133 cm³/mol. The summed E-state index contributed by atoms with van der Waals surface area (Å²) in [7, 11) is -3.26. The number of carbonyl (C=O) groups is 1. The topological polar surface area (TPSA) is 66.5 Å². The van der Waals surface area contributed by atoms with Crippen LogP contribution < -0.4 is 9.62 Å². The van der Waals surface area contributed by atoms with Crippen LogP contribution >= 0.6 is 23.4 Å². The molecule has 1 heterocycles. The summed E-state index contributed by atoms with van der Waals surface area (Å²) < 4.78 is 25.8. The Balaban J connectivity index is 1.45. The second-order valence-corrected chi connectivity index (χ2v) is 11.0. The minimum atomic E-state index is -3.26. The van der Waals surface area contributed by atoms with Gasteiger partial charge >= 0.3 is 0 Å². The van der Waals surface area contributed by atoms with E-state index in [0.717, 1.165) is 11.1 Å². The van der Waals surface area contributed by atoms with Gasteiger partial charge in [-0.15, -0.1) is 11.8 Å². The fourth-order valence-corrected chi connectivity index (χ4v) is 6.45. The zero-order valence-electron chi connectivity index (χ0n) is 17.3. The maximum absolute atomic E-state index is 12.7. The average molecular weight is 487 g/mol. The minimum Gasteiger partial charge on any atom is -0.325 e. The monoisotopic (exact) mass is 486 g/mol. The van der Waals surface area contributed by atoms with Crippen LogP contribution in [0.3, 0.4) is 0 Å². The zero-order valence-corrected chi connectivity index (χ0v) is 19.7. The molecule has 0 aliphatic carbocycles. The first-order chi connectivity index (χ1) is 15.4. The number of halogens is 1. The number of thioether (sulfide) groups is 1. The molecule has 166 valence electrons. The highest BCUT2D eigenvalue weighted by Crippen LogP contribution is 2.36. The molecule has 0 radical (unpaired) electrons. The average Bonchev–Trinajstić information content (AvgIpc) is 3.15. The van der Waals surface area contributed by atoms with E-state index >= 15 is 0 Å². The summed E-state index contributed by atoms with van der Waals surface area (Å²) in [5.74, 6) is 0.256. The van der Waals surface area contributed by atoms with Crippen LogP contribution in [0, 0.1) is 0 Å². The van der Waals surface area contributed by atoms with Gasteiger partial charge in [0.05, 0.1) is 22.4 Å². The number of anilines is 2. The molecule has 1 N–H and O–H groups in total. The standard InChI is InChI=1S/C24H23ClN2O3S2/c25-20-12-10-19(11-13-20)24(18-6-2-1-3-7-18)31-17-23(28)26-21-8-4-9-22(16-21)27-14-5-15-32(27,29)30/h1-4,6-13,16,24H,5,14-15,17H2,(H,26,28). The Morgan fingerprint density at radius 3 is 2.41 bits per heavy atom. The molecule has 32 heavy (non-hydrogen) atoms. The van der Waals surface area contributed by atoms with Gasteiger partial charge in [0, 0.05) is 17.3 Å². The zero-order chi connectivity index (χ0) is 22.6. The Bertz CT molecular complexity index is 1190. The van der Waals surface area contributed by atoms with Crippen LogP contribution in [0.25, 0.3) is 0 Å². The van der Waals surface area contributed by atoms with Crippen molar-refractivity contribution in [3.63, 3.8) is 0 Å². The van der Waals surface area contributed by atoms with Gasteiger partial charge in [-0.05, 0) is 47.9 Å². The molecule has 1 aliphatic heterocycles. The van der Waals surface area contributed by atoms with E-state index in [2.05, 4.69) is 5.32 Å². The second kappa shape index (κ2) is 9.98. The molecule has 4 rings (SSSR count). The Labute approximate surface area is 197 Å². The van der Waals surface area contributed by atoms with Crippen LogP contribution in [0.1, 0.15) is 22.8 Å². The minimum absolute atomic E-state index is 0.0136. The van der Waals surface area contributed by atoms with E-state index in [4.69, 9.17) is 11.6 Å². The van der Waals surface area contributed by atoms with E-state index in [9.17, 15) is 13.2 Å². The van der Waals surface area contributed by atoms with Crippen molar-refractivity contribution in [2.45, 2.75) is 11.7 Å². The molecule has 0 aromatic heterocycles. The second-order valence-electron chi connectivity index (χ2n) is 7.49. The first-order valence-electron chi connectivity index (χ1n) is 10.2. The van der Waals surface area contributed by atoms with Crippen molar-refractivity contribution >= 4 is 50.7 Å². The van der Waals surface area contributed by atoms with Crippen LogP contribution in [0.5, 0.6) is 0 Å². The van der Waals surface area contributed by atoms with Crippen LogP contribution in [0.4, 0.5) is 11.4 Å². The lowest BCUT2D eigenvalue weighted by Gasteiger charge is -2.19. The molecule has 8 heteroatoms. The summed E-state index contributed by atoms with van der Waals surface area (Å²) >= 11 is 7.57. The van der Waals surface area contributed by atoms with Gasteiger partial charge in [-0.3, -0.25) is 9.10 Å². The third-order valence-corrected chi connectivity index (χ3v) is 8.60. The molecule has 1 aliphatic rings. The SMILES string of the molecule is O=C(CSC(c1ccccc1)c1ccc(Cl)cc1)Nc1cccc(N2CCCS2(=O)=O)c1. The van der Waals surface area contributed by atoms with Crippen molar-refractivity contribution in [1.82, 2.24) is 0 Å². The number of amides is 1. The lowest BCUT2D eigenvalue weighted by atomic mass is 10.0. The van der Waals surface area contributed by atoms with Crippen molar-refractivity contribution in [3.05, 3.63) is 95.0 Å². The molecule has 0 saturated carbocycles.